The third kappa shape index (κ3) is 5.71. The Morgan fingerprint density at radius 3 is 2.58 bits per heavy atom. The Morgan fingerprint density at radius 1 is 1.22 bits per heavy atom. The minimum Gasteiger partial charge on any atom is -0.497 e. The lowest BCUT2D eigenvalue weighted by Gasteiger charge is -2.44. The molecule has 1 aromatic rings. The van der Waals surface area contributed by atoms with Gasteiger partial charge in [-0.2, -0.15) is 0 Å². The first-order valence-electron chi connectivity index (χ1n) is 12.1. The van der Waals surface area contributed by atoms with E-state index in [1.54, 1.807) is 20.3 Å². The molecule has 4 rings (SSSR count). The smallest absolute Gasteiger partial charge is 0.240 e. The maximum absolute atomic E-state index is 13.4. The van der Waals surface area contributed by atoms with Gasteiger partial charge >= 0.3 is 0 Å². The molecular weight excluding hydrogens is 508 g/mol. The van der Waals surface area contributed by atoms with E-state index in [0.29, 0.717) is 13.2 Å². The van der Waals surface area contributed by atoms with E-state index >= 15 is 0 Å². The molecule has 2 saturated heterocycles. The summed E-state index contributed by atoms with van der Waals surface area (Å²) in [7, 11) is 1.64. The highest BCUT2D eigenvalue weighted by Gasteiger charge is 2.49. The molecule has 36 heavy (non-hydrogen) atoms. The van der Waals surface area contributed by atoms with Crippen molar-refractivity contribution in [1.82, 2.24) is 10.6 Å². The largest absolute Gasteiger partial charge is 0.497 e. The van der Waals surface area contributed by atoms with Gasteiger partial charge in [0.2, 0.25) is 5.91 Å². The molecule has 3 heterocycles. The van der Waals surface area contributed by atoms with E-state index < -0.39 is 47.3 Å². The number of carbonyl (C=O) groups is 1. The van der Waals surface area contributed by atoms with Crippen LogP contribution in [-0.4, -0.2) is 101 Å². The minimum absolute atomic E-state index is 0.00147. The predicted molar refractivity (Wildman–Crippen MR) is 138 cm³/mol. The normalized spacial score (nSPS) is 36.2. The van der Waals surface area contributed by atoms with E-state index in [4.69, 9.17) is 25.8 Å². The molecule has 5 N–H and O–H groups in total. The third-order valence-corrected chi connectivity index (χ3v) is 8.29. The van der Waals surface area contributed by atoms with Gasteiger partial charge in [0.25, 0.3) is 0 Å². The Labute approximate surface area is 220 Å². The number of thioether (sulfide) groups is 1. The van der Waals surface area contributed by atoms with Crippen LogP contribution in [-0.2, 0) is 14.3 Å². The Hall–Kier alpha value is -1.37. The third-order valence-electron chi connectivity index (χ3n) is 7.16. The summed E-state index contributed by atoms with van der Waals surface area (Å²) in [6.45, 7) is 2.74. The number of fused-ring (bicyclic) bond motifs is 1. The van der Waals surface area contributed by atoms with Gasteiger partial charge in [-0.15, -0.1) is 23.4 Å². The second-order valence-corrected chi connectivity index (χ2v) is 11.1. The number of aliphatic hydroxyl groups is 3. The lowest BCUT2D eigenvalue weighted by molar-refractivity contribution is -0.205. The average molecular weight is 543 g/mol. The zero-order valence-corrected chi connectivity index (χ0v) is 22.1. The molecule has 3 aliphatic heterocycles. The topological polar surface area (TPSA) is 130 Å². The summed E-state index contributed by atoms with van der Waals surface area (Å²) in [4.78, 5) is 13.4. The van der Waals surface area contributed by atoms with Crippen LogP contribution in [0.4, 0.5) is 0 Å². The van der Waals surface area contributed by atoms with Gasteiger partial charge in [0, 0.05) is 12.5 Å². The zero-order valence-electron chi connectivity index (χ0n) is 20.5. The van der Waals surface area contributed by atoms with E-state index in [9.17, 15) is 20.1 Å². The summed E-state index contributed by atoms with van der Waals surface area (Å²) in [5.41, 5.74) is 1.50. The number of aliphatic hydroxyl groups excluding tert-OH is 3. The summed E-state index contributed by atoms with van der Waals surface area (Å²) in [6.07, 6.45) is -0.811. The maximum Gasteiger partial charge on any atom is 0.240 e. The van der Waals surface area contributed by atoms with Gasteiger partial charge in [0.05, 0.1) is 31.2 Å². The summed E-state index contributed by atoms with van der Waals surface area (Å²) < 4.78 is 17.3. The van der Waals surface area contributed by atoms with Crippen molar-refractivity contribution >= 4 is 34.8 Å². The van der Waals surface area contributed by atoms with E-state index in [0.717, 1.165) is 23.3 Å². The van der Waals surface area contributed by atoms with Crippen LogP contribution >= 0.6 is 23.4 Å². The van der Waals surface area contributed by atoms with Crippen molar-refractivity contribution < 1.29 is 34.3 Å². The number of hydrogen-bond acceptors (Lipinski definition) is 9. The Morgan fingerprint density at radius 2 is 1.94 bits per heavy atom. The molecule has 1 aromatic carbocycles. The molecule has 0 aliphatic carbocycles. The van der Waals surface area contributed by atoms with Gasteiger partial charge < -0.3 is 40.2 Å². The Bertz CT molecular complexity index is 931. The number of ether oxygens (including phenoxy) is 3. The molecule has 3 unspecified atom stereocenters. The van der Waals surface area contributed by atoms with Crippen molar-refractivity contribution in [3.8, 4) is 5.75 Å². The standard InChI is InChI=1S/C25H35ClN2O7S/c1-12(26)17(23-20(30)19(29)21(31)25(35-23)36-3)28-24(32)18-22-15(11-27-18)10-14(8-9-34-22)13-4-6-16(33-2)7-5-13/h4-7,10,12,15,17-23,25,27,29-31H,8-9,11H2,1-3H3,(H,28,32)/t12-,15-,17+,18-,19?,20?,21+,22+,23+,25?/m0/s1. The van der Waals surface area contributed by atoms with Crippen molar-refractivity contribution in [1.29, 1.82) is 0 Å². The lowest BCUT2D eigenvalue weighted by atomic mass is 9.92. The van der Waals surface area contributed by atoms with Gasteiger partial charge in [-0.25, -0.2) is 0 Å². The number of hydrogen-bond donors (Lipinski definition) is 5. The van der Waals surface area contributed by atoms with Crippen LogP contribution < -0.4 is 15.4 Å². The average Bonchev–Trinajstić information content (AvgIpc) is 3.16. The van der Waals surface area contributed by atoms with Crippen LogP contribution in [0, 0.1) is 5.92 Å². The number of amides is 1. The Kier molecular flexibility index (Phi) is 9.22. The van der Waals surface area contributed by atoms with Crippen LogP contribution in [0.1, 0.15) is 18.9 Å². The fourth-order valence-electron chi connectivity index (χ4n) is 5.13. The SMILES string of the molecule is COc1ccc(C2=C[C@H]3CN[C@H](C(=O)N[C@H]([C@H](C)Cl)[C@H]4OC(SC)[C@H](O)C(O)C4O)[C@@H]3OCC2)cc1. The summed E-state index contributed by atoms with van der Waals surface area (Å²) in [6, 6.07) is 6.47. The second-order valence-electron chi connectivity index (χ2n) is 9.44. The molecule has 0 spiro atoms. The predicted octanol–water partition coefficient (Wildman–Crippen LogP) is 0.738. The monoisotopic (exact) mass is 542 g/mol. The summed E-state index contributed by atoms with van der Waals surface area (Å²) >= 11 is 7.62. The number of alkyl halides is 1. The summed E-state index contributed by atoms with van der Waals surface area (Å²) in [5, 5.41) is 36.7. The second kappa shape index (κ2) is 12.0. The molecule has 1 amide bonds. The highest BCUT2D eigenvalue weighted by molar-refractivity contribution is 7.99. The van der Waals surface area contributed by atoms with Crippen LogP contribution in [0.3, 0.4) is 0 Å². The molecular formula is C25H35ClN2O7S. The highest BCUT2D eigenvalue weighted by atomic mass is 35.5. The number of rotatable bonds is 7. The fourth-order valence-corrected chi connectivity index (χ4v) is 6.01. The highest BCUT2D eigenvalue weighted by Crippen LogP contribution is 2.33. The van der Waals surface area contributed by atoms with Crippen LogP contribution in [0.25, 0.3) is 5.57 Å². The number of halogens is 1. The van der Waals surface area contributed by atoms with E-state index in [1.807, 2.05) is 24.3 Å². The van der Waals surface area contributed by atoms with Gasteiger partial charge in [0.1, 0.15) is 41.6 Å². The lowest BCUT2D eigenvalue weighted by Crippen LogP contribution is -2.65. The van der Waals surface area contributed by atoms with Gasteiger partial charge in [0.15, 0.2) is 0 Å². The number of benzene rings is 1. The zero-order chi connectivity index (χ0) is 26.0. The van der Waals surface area contributed by atoms with Crippen LogP contribution in [0.15, 0.2) is 30.3 Å². The quantitative estimate of drug-likeness (QED) is 0.317. The minimum atomic E-state index is -1.42. The van der Waals surface area contributed by atoms with Crippen LogP contribution in [0.5, 0.6) is 5.75 Å². The molecule has 0 saturated carbocycles. The fraction of sp³-hybridized carbons (Fsp3) is 0.640. The number of nitrogens with one attached hydrogen (secondary N) is 2. The van der Waals surface area contributed by atoms with E-state index in [-0.39, 0.29) is 17.9 Å². The van der Waals surface area contributed by atoms with Crippen molar-refractivity contribution in [2.45, 2.75) is 66.8 Å². The number of methoxy groups -OCH3 is 1. The van der Waals surface area contributed by atoms with Crippen LogP contribution in [0.2, 0.25) is 0 Å². The first-order chi connectivity index (χ1) is 17.2. The van der Waals surface area contributed by atoms with Crippen molar-refractivity contribution in [2.75, 3.05) is 26.5 Å². The molecule has 0 radical (unpaired) electrons. The van der Waals surface area contributed by atoms with E-state index in [1.165, 1.54) is 11.8 Å². The van der Waals surface area contributed by atoms with Crippen molar-refractivity contribution in [3.63, 3.8) is 0 Å². The molecule has 0 aromatic heterocycles. The maximum atomic E-state index is 13.4. The number of carbonyl (C=O) groups excluding carboxylic acids is 1. The Balaban J connectivity index is 1.47. The molecule has 2 fully saturated rings. The van der Waals surface area contributed by atoms with Crippen molar-refractivity contribution in [3.05, 3.63) is 35.9 Å². The summed E-state index contributed by atoms with van der Waals surface area (Å²) in [5.74, 6) is 0.474. The van der Waals surface area contributed by atoms with Gasteiger partial charge in [-0.05, 0) is 42.9 Å². The van der Waals surface area contributed by atoms with Gasteiger partial charge in [-0.1, -0.05) is 18.2 Å². The molecule has 9 nitrogen and oxygen atoms in total. The van der Waals surface area contributed by atoms with Crippen molar-refractivity contribution in [2.24, 2.45) is 5.92 Å². The molecule has 11 heteroatoms. The molecule has 10 atom stereocenters. The molecule has 0 bridgehead atoms. The first kappa shape index (κ1) is 27.7. The van der Waals surface area contributed by atoms with Gasteiger partial charge in [-0.3, -0.25) is 4.79 Å². The molecule has 200 valence electrons. The first-order valence-corrected chi connectivity index (χ1v) is 13.8. The van der Waals surface area contributed by atoms with E-state index in [2.05, 4.69) is 16.7 Å². The molecule has 3 aliphatic rings.